The van der Waals surface area contributed by atoms with E-state index in [9.17, 15) is 13.2 Å². The lowest BCUT2D eigenvalue weighted by molar-refractivity contribution is 0.430. The molecule has 1 N–H and O–H groups in total. The molecule has 1 aromatic carbocycles. The number of benzene rings is 1. The summed E-state index contributed by atoms with van der Waals surface area (Å²) >= 11 is 0. The zero-order chi connectivity index (χ0) is 14.5. The average Bonchev–Trinajstić information content (AvgIpc) is 2.35. The molecule has 0 radical (unpaired) electrons. The highest BCUT2D eigenvalue weighted by Crippen LogP contribution is 2.22. The van der Waals surface area contributed by atoms with Gasteiger partial charge in [-0.05, 0) is 26.7 Å². The Morgan fingerprint density at radius 1 is 1.16 bits per heavy atom. The molecule has 104 valence electrons. The summed E-state index contributed by atoms with van der Waals surface area (Å²) in [6, 6.07) is 4.07. The predicted molar refractivity (Wildman–Crippen MR) is 68.1 cm³/mol. The monoisotopic (exact) mass is 270 g/mol. The number of rotatable bonds is 6. The van der Waals surface area contributed by atoms with Gasteiger partial charge in [-0.1, -0.05) is 6.42 Å². The molecule has 0 saturated heterocycles. The lowest BCUT2D eigenvalue weighted by Gasteiger charge is -2.14. The highest BCUT2D eigenvalue weighted by atomic mass is 19.2. The van der Waals surface area contributed by atoms with Gasteiger partial charge in [-0.3, -0.25) is 0 Å². The number of nitrogens with one attached hydrogen (secondary N) is 1. The summed E-state index contributed by atoms with van der Waals surface area (Å²) in [5, 5.41) is 11.7. The Balaban J connectivity index is 2.37. The van der Waals surface area contributed by atoms with Crippen LogP contribution in [0, 0.1) is 34.2 Å². The van der Waals surface area contributed by atoms with E-state index in [1.807, 2.05) is 13.8 Å². The van der Waals surface area contributed by atoms with Crippen LogP contribution in [-0.2, 0) is 0 Å². The maximum absolute atomic E-state index is 12.9. The zero-order valence-electron chi connectivity index (χ0n) is 11.1. The van der Waals surface area contributed by atoms with Crippen molar-refractivity contribution in [2.45, 2.75) is 33.1 Å². The molecule has 0 spiro atoms. The predicted octanol–water partition coefficient (Wildman–Crippen LogP) is 4.24. The maximum atomic E-state index is 12.9. The minimum atomic E-state index is -1.46. The van der Waals surface area contributed by atoms with Crippen molar-refractivity contribution in [3.63, 3.8) is 0 Å². The molecule has 0 heterocycles. The van der Waals surface area contributed by atoms with Crippen LogP contribution in [0.3, 0.4) is 0 Å². The van der Waals surface area contributed by atoms with Crippen LogP contribution in [-0.4, -0.2) is 6.54 Å². The summed E-state index contributed by atoms with van der Waals surface area (Å²) in [5.74, 6) is -3.86. The summed E-state index contributed by atoms with van der Waals surface area (Å²) in [4.78, 5) is 0. The van der Waals surface area contributed by atoms with Crippen molar-refractivity contribution < 1.29 is 13.2 Å². The second-order valence-electron chi connectivity index (χ2n) is 5.13. The summed E-state index contributed by atoms with van der Waals surface area (Å²) < 4.78 is 38.6. The quantitative estimate of drug-likeness (QED) is 0.620. The van der Waals surface area contributed by atoms with Crippen LogP contribution >= 0.6 is 0 Å². The third-order valence-electron chi connectivity index (χ3n) is 2.84. The number of unbranched alkanes of at least 4 members (excludes halogenated alkanes) is 1. The van der Waals surface area contributed by atoms with Crippen molar-refractivity contribution in [2.75, 3.05) is 11.9 Å². The molecule has 0 atom stereocenters. The first-order chi connectivity index (χ1) is 8.85. The van der Waals surface area contributed by atoms with Crippen LogP contribution in [0.4, 0.5) is 18.9 Å². The molecule has 5 heteroatoms. The van der Waals surface area contributed by atoms with Gasteiger partial charge in [-0.25, -0.2) is 13.2 Å². The molecule has 0 unspecified atom stereocenters. The van der Waals surface area contributed by atoms with E-state index >= 15 is 0 Å². The summed E-state index contributed by atoms with van der Waals surface area (Å²) in [5.41, 5.74) is -0.135. The van der Waals surface area contributed by atoms with Crippen LogP contribution < -0.4 is 5.32 Å². The normalized spacial score (nSPS) is 11.2. The molecular weight excluding hydrogens is 253 g/mol. The molecule has 1 aromatic rings. The summed E-state index contributed by atoms with van der Waals surface area (Å²) in [6.07, 6.45) is 2.36. The number of hydrogen-bond acceptors (Lipinski definition) is 2. The molecule has 0 aliphatic rings. The smallest absolute Gasteiger partial charge is 0.194 e. The fraction of sp³-hybridized carbons (Fsp3) is 0.500. The fourth-order valence-electron chi connectivity index (χ4n) is 1.64. The maximum Gasteiger partial charge on any atom is 0.194 e. The Hall–Kier alpha value is -1.70. The van der Waals surface area contributed by atoms with Crippen molar-refractivity contribution in [1.29, 1.82) is 5.26 Å². The van der Waals surface area contributed by atoms with E-state index in [-0.39, 0.29) is 11.1 Å². The van der Waals surface area contributed by atoms with E-state index in [2.05, 4.69) is 11.4 Å². The van der Waals surface area contributed by atoms with Crippen molar-refractivity contribution in [1.82, 2.24) is 0 Å². The van der Waals surface area contributed by atoms with E-state index in [0.717, 1.165) is 31.4 Å². The third kappa shape index (κ3) is 4.82. The first-order valence-electron chi connectivity index (χ1n) is 6.15. The number of nitriles is 1. The van der Waals surface area contributed by atoms with E-state index in [4.69, 9.17) is 5.26 Å². The second-order valence-corrected chi connectivity index (χ2v) is 5.13. The number of nitrogens with zero attached hydrogens (tertiary/aromatic N) is 1. The van der Waals surface area contributed by atoms with Gasteiger partial charge in [0, 0.05) is 24.4 Å². The van der Waals surface area contributed by atoms with Gasteiger partial charge in [0.1, 0.15) is 0 Å². The van der Waals surface area contributed by atoms with E-state index in [1.54, 1.807) is 0 Å². The van der Waals surface area contributed by atoms with Crippen LogP contribution in [0.15, 0.2) is 12.1 Å². The topological polar surface area (TPSA) is 35.8 Å². The Bertz CT molecular complexity index is 455. The van der Waals surface area contributed by atoms with E-state index < -0.39 is 17.5 Å². The number of halogens is 3. The van der Waals surface area contributed by atoms with Crippen LogP contribution in [0.2, 0.25) is 0 Å². The van der Waals surface area contributed by atoms with Crippen LogP contribution in [0.1, 0.15) is 33.1 Å². The van der Waals surface area contributed by atoms with Crippen LogP contribution in [0.5, 0.6) is 0 Å². The van der Waals surface area contributed by atoms with Gasteiger partial charge >= 0.3 is 0 Å². The molecule has 0 aliphatic heterocycles. The van der Waals surface area contributed by atoms with Crippen molar-refractivity contribution in [3.05, 3.63) is 29.6 Å². The van der Waals surface area contributed by atoms with Gasteiger partial charge < -0.3 is 5.32 Å². The van der Waals surface area contributed by atoms with E-state index in [1.165, 1.54) is 0 Å². The molecule has 0 fully saturated rings. The molecular formula is C14H17F3N2. The first-order valence-corrected chi connectivity index (χ1v) is 6.15. The first kappa shape index (κ1) is 15.4. The van der Waals surface area contributed by atoms with Crippen molar-refractivity contribution in [2.24, 2.45) is 5.41 Å². The minimum absolute atomic E-state index is 0.218. The van der Waals surface area contributed by atoms with Crippen LogP contribution in [0.25, 0.3) is 0 Å². The van der Waals surface area contributed by atoms with E-state index in [0.29, 0.717) is 6.54 Å². The van der Waals surface area contributed by atoms with Gasteiger partial charge in [0.15, 0.2) is 17.5 Å². The molecule has 0 aromatic heterocycles. The molecule has 0 amide bonds. The number of hydrogen-bond donors (Lipinski definition) is 1. The van der Waals surface area contributed by atoms with Gasteiger partial charge in [0.25, 0.3) is 0 Å². The molecule has 0 bridgehead atoms. The fourth-order valence-corrected chi connectivity index (χ4v) is 1.64. The average molecular weight is 270 g/mol. The summed E-state index contributed by atoms with van der Waals surface area (Å²) in [6.45, 7) is 4.25. The Kier molecular flexibility index (Phi) is 5.22. The Morgan fingerprint density at radius 2 is 1.74 bits per heavy atom. The molecule has 1 rings (SSSR count). The largest absolute Gasteiger partial charge is 0.385 e. The molecule has 0 saturated carbocycles. The highest BCUT2D eigenvalue weighted by Gasteiger charge is 2.15. The SMILES string of the molecule is CC(C)(C#N)CCCCNc1cc(F)c(F)c(F)c1. The minimum Gasteiger partial charge on any atom is -0.385 e. The zero-order valence-corrected chi connectivity index (χ0v) is 11.1. The Morgan fingerprint density at radius 3 is 2.26 bits per heavy atom. The highest BCUT2D eigenvalue weighted by molar-refractivity contribution is 5.43. The van der Waals surface area contributed by atoms with Crippen molar-refractivity contribution >= 4 is 5.69 Å². The van der Waals surface area contributed by atoms with Gasteiger partial charge in [0.05, 0.1) is 11.5 Å². The third-order valence-corrected chi connectivity index (χ3v) is 2.84. The second kappa shape index (κ2) is 6.46. The molecule has 2 nitrogen and oxygen atoms in total. The van der Waals surface area contributed by atoms with Gasteiger partial charge in [-0.15, -0.1) is 0 Å². The lowest BCUT2D eigenvalue weighted by atomic mass is 9.89. The lowest BCUT2D eigenvalue weighted by Crippen LogP contribution is -2.09. The van der Waals surface area contributed by atoms with Crippen molar-refractivity contribution in [3.8, 4) is 6.07 Å². The molecule has 19 heavy (non-hydrogen) atoms. The molecule has 0 aliphatic carbocycles. The van der Waals surface area contributed by atoms with Gasteiger partial charge in [0.2, 0.25) is 0 Å². The summed E-state index contributed by atoms with van der Waals surface area (Å²) in [7, 11) is 0. The Labute approximate surface area is 111 Å². The van der Waals surface area contributed by atoms with Gasteiger partial charge in [-0.2, -0.15) is 5.26 Å². The standard InChI is InChI=1S/C14H17F3N2/c1-14(2,9-18)5-3-4-6-19-10-7-11(15)13(17)12(16)8-10/h7-8,19H,3-6H2,1-2H3. The number of anilines is 1.